The van der Waals surface area contributed by atoms with Crippen LogP contribution in [-0.4, -0.2) is 73.4 Å². The number of methoxy groups -OCH3 is 1. The standard InChI is InChI=1S/C33H38N6O3S2/c1-22-19-36-27(20-35-22)26(10-12-38(2)13-15-41-3)37-23-7-8-29-31(17-23)43-30-6-4-5-25(33(30)44-29)28-21-39(14-16-42-28)24-9-11-34-32(40)18-24/h4-9,11,17-20,26,28,37H,10,12-16,21H2,1-3H3,(H,34,40). The Morgan fingerprint density at radius 2 is 2.02 bits per heavy atom. The zero-order valence-corrected chi connectivity index (χ0v) is 26.9. The summed E-state index contributed by atoms with van der Waals surface area (Å²) in [5, 5.41) is 3.75. The molecule has 1 fully saturated rings. The highest BCUT2D eigenvalue weighted by molar-refractivity contribution is 8.05. The van der Waals surface area contributed by atoms with E-state index in [1.165, 1.54) is 25.1 Å². The Morgan fingerprint density at radius 1 is 1.11 bits per heavy atom. The molecule has 4 aromatic rings. The van der Waals surface area contributed by atoms with Gasteiger partial charge in [-0.05, 0) is 56.3 Å². The summed E-state index contributed by atoms with van der Waals surface area (Å²) in [4.78, 5) is 33.3. The van der Waals surface area contributed by atoms with Gasteiger partial charge in [-0.15, -0.1) is 0 Å². The third kappa shape index (κ3) is 7.30. The summed E-state index contributed by atoms with van der Waals surface area (Å²) in [5.41, 5.74) is 4.94. The Kier molecular flexibility index (Phi) is 9.88. The molecule has 0 saturated carbocycles. The normalized spacial score (nSPS) is 16.8. The van der Waals surface area contributed by atoms with Crippen molar-refractivity contribution in [3.63, 3.8) is 0 Å². The first-order valence-corrected chi connectivity index (χ1v) is 16.5. The smallest absolute Gasteiger partial charge is 0.249 e. The topological polar surface area (TPSA) is 95.6 Å². The summed E-state index contributed by atoms with van der Waals surface area (Å²) in [6.07, 6.45) is 6.23. The molecule has 2 aromatic carbocycles. The molecular formula is C33H38N6O3S2. The summed E-state index contributed by atoms with van der Waals surface area (Å²) < 4.78 is 11.5. The Hall–Kier alpha value is -3.35. The van der Waals surface area contributed by atoms with E-state index in [1.54, 1.807) is 42.9 Å². The van der Waals surface area contributed by atoms with Gasteiger partial charge in [0.1, 0.15) is 6.10 Å². The van der Waals surface area contributed by atoms with E-state index >= 15 is 0 Å². The fourth-order valence-electron chi connectivity index (χ4n) is 5.45. The van der Waals surface area contributed by atoms with Crippen molar-refractivity contribution in [2.24, 2.45) is 0 Å². The number of fused-ring (bicyclic) bond motifs is 2. The van der Waals surface area contributed by atoms with E-state index in [0.717, 1.165) is 48.8 Å². The monoisotopic (exact) mass is 630 g/mol. The van der Waals surface area contributed by atoms with Crippen LogP contribution in [0.1, 0.15) is 35.5 Å². The molecule has 1 saturated heterocycles. The minimum absolute atomic E-state index is 0.0258. The first-order valence-electron chi connectivity index (χ1n) is 14.9. The highest BCUT2D eigenvalue weighted by atomic mass is 32.2. The second-order valence-electron chi connectivity index (χ2n) is 11.1. The number of hydrogen-bond acceptors (Lipinski definition) is 10. The van der Waals surface area contributed by atoms with E-state index in [-0.39, 0.29) is 17.7 Å². The third-order valence-corrected chi connectivity index (χ3v) is 10.5. The van der Waals surface area contributed by atoms with Crippen molar-refractivity contribution in [2.75, 3.05) is 63.8 Å². The molecule has 2 atom stereocenters. The van der Waals surface area contributed by atoms with Crippen LogP contribution in [0.3, 0.4) is 0 Å². The maximum Gasteiger partial charge on any atom is 0.249 e. The van der Waals surface area contributed by atoms with Crippen LogP contribution in [0.2, 0.25) is 0 Å². The zero-order valence-electron chi connectivity index (χ0n) is 25.3. The average molecular weight is 631 g/mol. The van der Waals surface area contributed by atoms with Crippen molar-refractivity contribution in [1.82, 2.24) is 19.9 Å². The van der Waals surface area contributed by atoms with Crippen molar-refractivity contribution in [3.05, 3.63) is 94.4 Å². The maximum atomic E-state index is 11.9. The summed E-state index contributed by atoms with van der Waals surface area (Å²) in [5.74, 6) is 0. The number of aromatic amines is 1. The lowest BCUT2D eigenvalue weighted by Gasteiger charge is -2.36. The number of likely N-dealkylation sites (N-methyl/N-ethyl adjacent to an activating group) is 1. The van der Waals surface area contributed by atoms with Crippen LogP contribution in [0.5, 0.6) is 0 Å². The number of aryl methyl sites for hydroxylation is 1. The third-order valence-electron chi connectivity index (χ3n) is 7.90. The molecule has 2 unspecified atom stereocenters. The second kappa shape index (κ2) is 14.2. The number of H-pyrrole nitrogens is 1. The summed E-state index contributed by atoms with van der Waals surface area (Å²) in [7, 11) is 3.85. The van der Waals surface area contributed by atoms with E-state index in [4.69, 9.17) is 14.5 Å². The van der Waals surface area contributed by atoms with Crippen LogP contribution in [0.25, 0.3) is 0 Å². The fraction of sp³-hybridized carbons (Fsp3) is 0.364. The predicted molar refractivity (Wildman–Crippen MR) is 176 cm³/mol. The van der Waals surface area contributed by atoms with E-state index < -0.39 is 0 Å². The molecular weight excluding hydrogens is 593 g/mol. The number of rotatable bonds is 11. The van der Waals surface area contributed by atoms with Gasteiger partial charge >= 0.3 is 0 Å². The number of morpholine rings is 1. The molecule has 9 nitrogen and oxygen atoms in total. The van der Waals surface area contributed by atoms with E-state index in [9.17, 15) is 4.79 Å². The lowest BCUT2D eigenvalue weighted by atomic mass is 10.1. The van der Waals surface area contributed by atoms with Crippen molar-refractivity contribution >= 4 is 34.9 Å². The summed E-state index contributed by atoms with van der Waals surface area (Å²) in [6, 6.07) is 16.7. The Balaban J connectivity index is 1.19. The molecule has 0 amide bonds. The van der Waals surface area contributed by atoms with Crippen molar-refractivity contribution in [2.45, 2.75) is 45.1 Å². The van der Waals surface area contributed by atoms with Crippen LogP contribution in [-0.2, 0) is 9.47 Å². The number of aromatic nitrogens is 3. The first-order chi connectivity index (χ1) is 21.5. The highest BCUT2D eigenvalue weighted by Gasteiger charge is 2.28. The molecule has 2 aliphatic heterocycles. The number of anilines is 2. The van der Waals surface area contributed by atoms with Gasteiger partial charge in [0.05, 0.1) is 36.8 Å². The summed E-state index contributed by atoms with van der Waals surface area (Å²) in [6.45, 7) is 6.52. The SMILES string of the molecule is COCCN(C)CCC(Nc1ccc2c(c1)Sc1cccc(C3CN(c4cc[nH]c(=O)c4)CCO3)c1S2)c1cnc(C)cn1. The number of nitrogens with one attached hydrogen (secondary N) is 2. The fourth-order valence-corrected chi connectivity index (χ4v) is 7.90. The molecule has 44 heavy (non-hydrogen) atoms. The number of benzene rings is 2. The minimum Gasteiger partial charge on any atom is -0.383 e. The molecule has 4 heterocycles. The van der Waals surface area contributed by atoms with Gasteiger partial charge in [-0.2, -0.15) is 0 Å². The predicted octanol–water partition coefficient (Wildman–Crippen LogP) is 5.79. The molecule has 2 N–H and O–H groups in total. The van der Waals surface area contributed by atoms with Gasteiger partial charge in [0, 0.05) is 82.7 Å². The molecule has 0 radical (unpaired) electrons. The molecule has 11 heteroatoms. The van der Waals surface area contributed by atoms with E-state index in [2.05, 4.69) is 68.5 Å². The van der Waals surface area contributed by atoms with Crippen LogP contribution < -0.4 is 15.8 Å². The van der Waals surface area contributed by atoms with E-state index in [1.807, 2.05) is 25.4 Å². The van der Waals surface area contributed by atoms with Crippen LogP contribution >= 0.6 is 23.5 Å². The highest BCUT2D eigenvalue weighted by Crippen LogP contribution is 2.52. The van der Waals surface area contributed by atoms with E-state index in [0.29, 0.717) is 19.8 Å². The lowest BCUT2D eigenvalue weighted by Crippen LogP contribution is -2.39. The molecule has 0 bridgehead atoms. The van der Waals surface area contributed by atoms with Crippen molar-refractivity contribution in [3.8, 4) is 0 Å². The number of nitrogens with zero attached hydrogens (tertiary/aromatic N) is 4. The number of hydrogen-bond donors (Lipinski definition) is 2. The zero-order chi connectivity index (χ0) is 30.5. The number of ether oxygens (including phenoxy) is 2. The first kappa shape index (κ1) is 30.7. The van der Waals surface area contributed by atoms with Crippen LogP contribution in [0, 0.1) is 6.92 Å². The van der Waals surface area contributed by atoms with Gasteiger partial charge in [0.25, 0.3) is 0 Å². The van der Waals surface area contributed by atoms with Crippen molar-refractivity contribution < 1.29 is 9.47 Å². The molecule has 6 rings (SSSR count). The Morgan fingerprint density at radius 3 is 2.84 bits per heavy atom. The van der Waals surface area contributed by atoms with Crippen molar-refractivity contribution in [1.29, 1.82) is 0 Å². The van der Waals surface area contributed by atoms with Gasteiger partial charge in [-0.25, -0.2) is 0 Å². The average Bonchev–Trinajstić information content (AvgIpc) is 3.05. The quantitative estimate of drug-likeness (QED) is 0.187. The van der Waals surface area contributed by atoms with Gasteiger partial charge in [-0.1, -0.05) is 35.7 Å². The lowest BCUT2D eigenvalue weighted by molar-refractivity contribution is 0.0379. The largest absolute Gasteiger partial charge is 0.383 e. The molecule has 230 valence electrons. The molecule has 0 aliphatic carbocycles. The molecule has 0 spiro atoms. The maximum absolute atomic E-state index is 11.9. The Labute approximate surface area is 266 Å². The van der Waals surface area contributed by atoms with Crippen LogP contribution in [0.15, 0.2) is 91.5 Å². The minimum atomic E-state index is -0.0902. The van der Waals surface area contributed by atoms with Crippen LogP contribution in [0.4, 0.5) is 11.4 Å². The van der Waals surface area contributed by atoms with Gasteiger partial charge in [0.2, 0.25) is 5.56 Å². The second-order valence-corrected chi connectivity index (χ2v) is 13.3. The number of pyridine rings is 1. The molecule has 2 aromatic heterocycles. The Bertz CT molecular complexity index is 1630. The van der Waals surface area contributed by atoms with Gasteiger partial charge in [0.15, 0.2) is 0 Å². The van der Waals surface area contributed by atoms with Gasteiger partial charge < -0.3 is 29.6 Å². The van der Waals surface area contributed by atoms with Gasteiger partial charge in [-0.3, -0.25) is 14.8 Å². The molecule has 2 aliphatic rings. The summed E-state index contributed by atoms with van der Waals surface area (Å²) >= 11 is 3.61.